The Morgan fingerprint density at radius 3 is 2.76 bits per heavy atom. The van der Waals surface area contributed by atoms with Crippen LogP contribution >= 0.6 is 0 Å². The summed E-state index contributed by atoms with van der Waals surface area (Å²) in [5, 5.41) is 3.43. The van der Waals surface area contributed by atoms with Gasteiger partial charge in [0.05, 0.1) is 13.2 Å². The number of ether oxygens (including phenoxy) is 3. The third kappa shape index (κ3) is 5.27. The number of nitrogens with one attached hydrogen (secondary N) is 1. The predicted molar refractivity (Wildman–Crippen MR) is 79.6 cm³/mol. The van der Waals surface area contributed by atoms with Crippen LogP contribution in [0.1, 0.15) is 32.3 Å². The van der Waals surface area contributed by atoms with E-state index in [2.05, 4.69) is 5.32 Å². The predicted octanol–water partition coefficient (Wildman–Crippen LogP) is 2.28. The third-order valence-electron chi connectivity index (χ3n) is 3.14. The van der Waals surface area contributed by atoms with Gasteiger partial charge in [-0.3, -0.25) is 0 Å². The maximum Gasteiger partial charge on any atom is 0.344 e. The SMILES string of the molecule is COc1ccc(OCC(=O)OC(C)C)c(CNC2CC2)c1. The molecule has 0 bridgehead atoms. The number of esters is 1. The summed E-state index contributed by atoms with van der Waals surface area (Å²) < 4.78 is 15.9. The number of carbonyl (C=O) groups is 1. The van der Waals surface area contributed by atoms with E-state index in [4.69, 9.17) is 14.2 Å². The Morgan fingerprint density at radius 2 is 2.14 bits per heavy atom. The third-order valence-corrected chi connectivity index (χ3v) is 3.14. The fourth-order valence-electron chi connectivity index (χ4n) is 1.94. The van der Waals surface area contributed by atoms with Crippen molar-refractivity contribution in [3.05, 3.63) is 23.8 Å². The van der Waals surface area contributed by atoms with Gasteiger partial charge in [-0.15, -0.1) is 0 Å². The number of rotatable bonds is 8. The Bertz CT molecular complexity index is 483. The summed E-state index contributed by atoms with van der Waals surface area (Å²) in [5.74, 6) is 1.10. The van der Waals surface area contributed by atoms with Crippen molar-refractivity contribution in [3.63, 3.8) is 0 Å². The largest absolute Gasteiger partial charge is 0.497 e. The minimum Gasteiger partial charge on any atom is -0.497 e. The molecule has 1 N–H and O–H groups in total. The van der Waals surface area contributed by atoms with Crippen LogP contribution in [0.25, 0.3) is 0 Å². The molecule has 1 aliphatic rings. The second kappa shape index (κ2) is 7.31. The molecule has 0 aromatic heterocycles. The van der Waals surface area contributed by atoms with Gasteiger partial charge in [0.2, 0.25) is 0 Å². The topological polar surface area (TPSA) is 56.8 Å². The first-order chi connectivity index (χ1) is 10.1. The van der Waals surface area contributed by atoms with E-state index in [9.17, 15) is 4.79 Å². The quantitative estimate of drug-likeness (QED) is 0.745. The van der Waals surface area contributed by atoms with E-state index in [1.807, 2.05) is 32.0 Å². The minimum absolute atomic E-state index is 0.0824. The minimum atomic E-state index is -0.359. The molecule has 0 unspecified atom stereocenters. The molecule has 0 radical (unpaired) electrons. The van der Waals surface area contributed by atoms with Gasteiger partial charge in [0, 0.05) is 18.2 Å². The van der Waals surface area contributed by atoms with Gasteiger partial charge in [0.1, 0.15) is 11.5 Å². The molecule has 0 amide bonds. The zero-order valence-electron chi connectivity index (χ0n) is 12.8. The van der Waals surface area contributed by atoms with E-state index >= 15 is 0 Å². The maximum absolute atomic E-state index is 11.5. The van der Waals surface area contributed by atoms with Gasteiger partial charge in [-0.25, -0.2) is 4.79 Å². The van der Waals surface area contributed by atoms with Gasteiger partial charge in [-0.1, -0.05) is 0 Å². The van der Waals surface area contributed by atoms with Crippen LogP contribution in [0.2, 0.25) is 0 Å². The van der Waals surface area contributed by atoms with Crippen LogP contribution < -0.4 is 14.8 Å². The first-order valence-corrected chi connectivity index (χ1v) is 7.31. The molecule has 5 nitrogen and oxygen atoms in total. The summed E-state index contributed by atoms with van der Waals surface area (Å²) in [6, 6.07) is 6.18. The molecule has 0 spiro atoms. The van der Waals surface area contributed by atoms with Crippen molar-refractivity contribution >= 4 is 5.97 Å². The molecule has 0 aliphatic heterocycles. The van der Waals surface area contributed by atoms with Crippen LogP contribution in [0.3, 0.4) is 0 Å². The van der Waals surface area contributed by atoms with Gasteiger partial charge >= 0.3 is 5.97 Å². The molecule has 1 fully saturated rings. The smallest absolute Gasteiger partial charge is 0.344 e. The Balaban J connectivity index is 1.96. The Kier molecular flexibility index (Phi) is 5.44. The second-order valence-electron chi connectivity index (χ2n) is 5.46. The van der Waals surface area contributed by atoms with E-state index in [0.717, 1.165) is 11.3 Å². The van der Waals surface area contributed by atoms with E-state index < -0.39 is 0 Å². The zero-order chi connectivity index (χ0) is 15.2. The van der Waals surface area contributed by atoms with Crippen LogP contribution in [-0.2, 0) is 16.1 Å². The molecule has 1 aromatic carbocycles. The van der Waals surface area contributed by atoms with Crippen LogP contribution in [0.15, 0.2) is 18.2 Å². The van der Waals surface area contributed by atoms with Gasteiger partial charge in [0.15, 0.2) is 6.61 Å². The van der Waals surface area contributed by atoms with Gasteiger partial charge < -0.3 is 19.5 Å². The molecule has 0 atom stereocenters. The van der Waals surface area contributed by atoms with Crippen molar-refractivity contribution in [1.29, 1.82) is 0 Å². The van der Waals surface area contributed by atoms with Crippen molar-refractivity contribution in [1.82, 2.24) is 5.32 Å². The highest BCUT2D eigenvalue weighted by atomic mass is 16.6. The summed E-state index contributed by atoms with van der Waals surface area (Å²) in [6.07, 6.45) is 2.31. The Hall–Kier alpha value is -1.75. The molecule has 0 heterocycles. The van der Waals surface area contributed by atoms with Crippen molar-refractivity contribution in [2.45, 2.75) is 45.4 Å². The molecule has 21 heavy (non-hydrogen) atoms. The van der Waals surface area contributed by atoms with E-state index in [1.54, 1.807) is 7.11 Å². The summed E-state index contributed by atoms with van der Waals surface area (Å²) in [5.41, 5.74) is 0.985. The van der Waals surface area contributed by atoms with Crippen LogP contribution in [0, 0.1) is 0 Å². The average molecular weight is 293 g/mol. The Morgan fingerprint density at radius 1 is 1.38 bits per heavy atom. The number of benzene rings is 1. The summed E-state index contributed by atoms with van der Waals surface area (Å²) in [7, 11) is 1.63. The summed E-state index contributed by atoms with van der Waals surface area (Å²) in [4.78, 5) is 11.5. The molecule has 1 saturated carbocycles. The molecule has 2 rings (SSSR count). The van der Waals surface area contributed by atoms with Crippen molar-refractivity contribution in [3.8, 4) is 11.5 Å². The lowest BCUT2D eigenvalue weighted by molar-refractivity contribution is -0.149. The van der Waals surface area contributed by atoms with Crippen molar-refractivity contribution in [2.24, 2.45) is 0 Å². The maximum atomic E-state index is 11.5. The lowest BCUT2D eigenvalue weighted by atomic mass is 10.2. The summed E-state index contributed by atoms with van der Waals surface area (Å²) >= 11 is 0. The highest BCUT2D eigenvalue weighted by Gasteiger charge is 2.21. The first-order valence-electron chi connectivity index (χ1n) is 7.31. The van der Waals surface area contributed by atoms with Crippen LogP contribution in [0.5, 0.6) is 11.5 Å². The fraction of sp³-hybridized carbons (Fsp3) is 0.562. The zero-order valence-corrected chi connectivity index (χ0v) is 12.8. The molecule has 0 saturated heterocycles. The Labute approximate surface area is 125 Å². The molecular formula is C16H23NO4. The van der Waals surface area contributed by atoms with Gasteiger partial charge in [-0.2, -0.15) is 0 Å². The summed E-state index contributed by atoms with van der Waals surface area (Å²) in [6.45, 7) is 4.25. The lowest BCUT2D eigenvalue weighted by Gasteiger charge is -2.14. The molecule has 116 valence electrons. The standard InChI is InChI=1S/C16H23NO4/c1-11(2)21-16(18)10-20-15-7-6-14(19-3)8-12(15)9-17-13-4-5-13/h6-8,11,13,17H,4-5,9-10H2,1-3H3. The first kappa shape index (κ1) is 15.6. The molecule has 5 heteroatoms. The molecule has 1 aromatic rings. The fourth-order valence-corrected chi connectivity index (χ4v) is 1.94. The monoisotopic (exact) mass is 293 g/mol. The second-order valence-corrected chi connectivity index (χ2v) is 5.46. The van der Waals surface area contributed by atoms with E-state index in [0.29, 0.717) is 18.3 Å². The number of carbonyl (C=O) groups excluding carboxylic acids is 1. The number of hydrogen-bond donors (Lipinski definition) is 1. The van der Waals surface area contributed by atoms with Crippen LogP contribution in [-0.4, -0.2) is 31.8 Å². The van der Waals surface area contributed by atoms with Crippen molar-refractivity contribution < 1.29 is 19.0 Å². The normalized spacial score (nSPS) is 14.1. The van der Waals surface area contributed by atoms with E-state index in [1.165, 1.54) is 12.8 Å². The molecule has 1 aliphatic carbocycles. The van der Waals surface area contributed by atoms with Gasteiger partial charge in [0.25, 0.3) is 0 Å². The number of methoxy groups -OCH3 is 1. The molecular weight excluding hydrogens is 270 g/mol. The highest BCUT2D eigenvalue weighted by molar-refractivity contribution is 5.71. The van der Waals surface area contributed by atoms with E-state index in [-0.39, 0.29) is 18.7 Å². The van der Waals surface area contributed by atoms with Crippen LogP contribution in [0.4, 0.5) is 0 Å². The van der Waals surface area contributed by atoms with Gasteiger partial charge in [-0.05, 0) is 44.9 Å². The average Bonchev–Trinajstić information content (AvgIpc) is 3.26. The lowest BCUT2D eigenvalue weighted by Crippen LogP contribution is -2.20. The highest BCUT2D eigenvalue weighted by Crippen LogP contribution is 2.26. The number of hydrogen-bond acceptors (Lipinski definition) is 5. The van der Waals surface area contributed by atoms with Crippen molar-refractivity contribution in [2.75, 3.05) is 13.7 Å².